The number of hydrogen-bond acceptors (Lipinski definition) is 3. The van der Waals surface area contributed by atoms with Gasteiger partial charge in [0.25, 0.3) is 5.91 Å². The molecule has 1 unspecified atom stereocenters. The fourth-order valence-electron chi connectivity index (χ4n) is 3.56. The molecule has 4 rings (SSSR count). The van der Waals surface area contributed by atoms with Gasteiger partial charge in [0.15, 0.2) is 0 Å². The molecule has 1 amide bonds. The lowest BCUT2D eigenvalue weighted by molar-refractivity contribution is 0.0789. The van der Waals surface area contributed by atoms with Gasteiger partial charge in [-0.2, -0.15) is 0 Å². The van der Waals surface area contributed by atoms with Crippen molar-refractivity contribution in [3.8, 4) is 11.3 Å². The number of rotatable bonds is 3. The zero-order chi connectivity index (χ0) is 18.1. The first kappa shape index (κ1) is 16.9. The van der Waals surface area contributed by atoms with Crippen molar-refractivity contribution in [1.29, 1.82) is 0 Å². The molecular formula is C21H19ClN2O2. The topological polar surface area (TPSA) is 46.3 Å². The van der Waals surface area contributed by atoms with E-state index in [1.807, 2.05) is 41.3 Å². The van der Waals surface area contributed by atoms with E-state index in [-0.39, 0.29) is 5.91 Å². The van der Waals surface area contributed by atoms with Gasteiger partial charge in [-0.3, -0.25) is 4.79 Å². The summed E-state index contributed by atoms with van der Waals surface area (Å²) >= 11 is 6.30. The zero-order valence-electron chi connectivity index (χ0n) is 14.5. The fraction of sp³-hybridized carbons (Fsp3) is 0.238. The van der Waals surface area contributed by atoms with Gasteiger partial charge in [-0.25, -0.2) is 0 Å². The second-order valence-electron chi connectivity index (χ2n) is 6.59. The Balaban J connectivity index is 1.62. The van der Waals surface area contributed by atoms with E-state index in [0.717, 1.165) is 13.0 Å². The monoisotopic (exact) mass is 366 g/mol. The Morgan fingerprint density at radius 1 is 1.15 bits per heavy atom. The standard InChI is InChI=1S/C21H19ClN2O2/c1-14-19(20(23-26-14)17-9-5-6-10-18(17)22)21(25)24-12-11-16(13-24)15-7-3-2-4-8-15/h2-10,16H,11-13H2,1H3. The number of aromatic nitrogens is 1. The molecule has 1 atom stereocenters. The summed E-state index contributed by atoms with van der Waals surface area (Å²) < 4.78 is 5.34. The first-order chi connectivity index (χ1) is 12.6. The highest BCUT2D eigenvalue weighted by molar-refractivity contribution is 6.33. The molecule has 26 heavy (non-hydrogen) atoms. The molecule has 0 N–H and O–H groups in total. The molecule has 0 aliphatic carbocycles. The number of benzene rings is 2. The van der Waals surface area contributed by atoms with Crippen molar-refractivity contribution >= 4 is 17.5 Å². The van der Waals surface area contributed by atoms with Crippen LogP contribution >= 0.6 is 11.6 Å². The normalized spacial score (nSPS) is 16.8. The predicted molar refractivity (Wildman–Crippen MR) is 101 cm³/mol. The van der Waals surface area contributed by atoms with Crippen molar-refractivity contribution in [1.82, 2.24) is 10.1 Å². The number of carbonyl (C=O) groups excluding carboxylic acids is 1. The van der Waals surface area contributed by atoms with E-state index in [9.17, 15) is 4.79 Å². The Hall–Kier alpha value is -2.59. The molecule has 4 nitrogen and oxygen atoms in total. The van der Waals surface area contributed by atoms with Crippen molar-refractivity contribution < 1.29 is 9.32 Å². The van der Waals surface area contributed by atoms with E-state index in [0.29, 0.717) is 40.1 Å². The molecule has 1 aliphatic rings. The number of nitrogens with zero attached hydrogens (tertiary/aromatic N) is 2. The van der Waals surface area contributed by atoms with Crippen LogP contribution in [0.1, 0.15) is 34.0 Å². The molecule has 132 valence electrons. The number of halogens is 1. The Morgan fingerprint density at radius 2 is 1.88 bits per heavy atom. The largest absolute Gasteiger partial charge is 0.360 e. The quantitative estimate of drug-likeness (QED) is 0.660. The lowest BCUT2D eigenvalue weighted by Gasteiger charge is -2.17. The van der Waals surface area contributed by atoms with Crippen LogP contribution in [0.3, 0.4) is 0 Å². The van der Waals surface area contributed by atoms with Crippen LogP contribution in [0.25, 0.3) is 11.3 Å². The summed E-state index contributed by atoms with van der Waals surface area (Å²) in [6.45, 7) is 3.20. The molecule has 1 fully saturated rings. The van der Waals surface area contributed by atoms with Crippen molar-refractivity contribution in [2.45, 2.75) is 19.3 Å². The van der Waals surface area contributed by atoms with Crippen LogP contribution in [0, 0.1) is 6.92 Å². The first-order valence-electron chi connectivity index (χ1n) is 8.70. The lowest BCUT2D eigenvalue weighted by atomic mass is 9.99. The summed E-state index contributed by atoms with van der Waals surface area (Å²) in [7, 11) is 0. The molecule has 0 radical (unpaired) electrons. The van der Waals surface area contributed by atoms with E-state index < -0.39 is 0 Å². The van der Waals surface area contributed by atoms with Gasteiger partial charge in [0.1, 0.15) is 17.0 Å². The Morgan fingerprint density at radius 3 is 2.65 bits per heavy atom. The minimum atomic E-state index is -0.0444. The summed E-state index contributed by atoms with van der Waals surface area (Å²) in [4.78, 5) is 15.1. The summed E-state index contributed by atoms with van der Waals surface area (Å²) in [6, 6.07) is 17.7. The number of carbonyl (C=O) groups is 1. The first-order valence-corrected chi connectivity index (χ1v) is 9.08. The lowest BCUT2D eigenvalue weighted by Crippen LogP contribution is -2.29. The smallest absolute Gasteiger partial charge is 0.259 e. The van der Waals surface area contributed by atoms with Gasteiger partial charge in [0, 0.05) is 24.6 Å². The zero-order valence-corrected chi connectivity index (χ0v) is 15.2. The van der Waals surface area contributed by atoms with Gasteiger partial charge >= 0.3 is 0 Å². The average molecular weight is 367 g/mol. The van der Waals surface area contributed by atoms with Crippen molar-refractivity contribution in [3.05, 3.63) is 76.5 Å². The number of aryl methyl sites for hydroxylation is 1. The molecule has 5 heteroatoms. The van der Waals surface area contributed by atoms with E-state index in [1.165, 1.54) is 5.56 Å². The van der Waals surface area contributed by atoms with Gasteiger partial charge in [-0.15, -0.1) is 0 Å². The third-order valence-corrected chi connectivity index (χ3v) is 5.28. The van der Waals surface area contributed by atoms with Gasteiger partial charge in [-0.1, -0.05) is 65.3 Å². The Bertz CT molecular complexity index is 936. The van der Waals surface area contributed by atoms with E-state index in [2.05, 4.69) is 17.3 Å². The minimum Gasteiger partial charge on any atom is -0.360 e. The molecule has 0 bridgehead atoms. The number of likely N-dealkylation sites (tertiary alicyclic amines) is 1. The van der Waals surface area contributed by atoms with E-state index >= 15 is 0 Å². The SMILES string of the molecule is Cc1onc(-c2ccccc2Cl)c1C(=O)N1CCC(c2ccccc2)C1. The molecule has 2 heterocycles. The summed E-state index contributed by atoms with van der Waals surface area (Å²) in [6.07, 6.45) is 0.960. The van der Waals surface area contributed by atoms with Crippen LogP contribution in [0.4, 0.5) is 0 Å². The molecule has 3 aromatic rings. The van der Waals surface area contributed by atoms with Crippen LogP contribution in [0.15, 0.2) is 59.1 Å². The van der Waals surface area contributed by atoms with Crippen LogP contribution in [0.5, 0.6) is 0 Å². The summed E-state index contributed by atoms with van der Waals surface area (Å²) in [5.41, 5.74) is 3.01. The molecule has 1 aromatic heterocycles. The number of hydrogen-bond donors (Lipinski definition) is 0. The maximum Gasteiger partial charge on any atom is 0.259 e. The second-order valence-corrected chi connectivity index (χ2v) is 7.00. The Kier molecular flexibility index (Phi) is 4.51. The van der Waals surface area contributed by atoms with Gasteiger partial charge in [0.05, 0.1) is 5.02 Å². The van der Waals surface area contributed by atoms with Gasteiger partial charge in [0.2, 0.25) is 0 Å². The minimum absolute atomic E-state index is 0.0444. The molecule has 1 saturated heterocycles. The van der Waals surface area contributed by atoms with Crippen LogP contribution in [-0.4, -0.2) is 29.1 Å². The highest BCUT2D eigenvalue weighted by Crippen LogP contribution is 2.34. The summed E-state index contributed by atoms with van der Waals surface area (Å²) in [5, 5.41) is 4.66. The van der Waals surface area contributed by atoms with E-state index in [4.69, 9.17) is 16.1 Å². The Labute approximate surface area is 157 Å². The third kappa shape index (κ3) is 3.01. The van der Waals surface area contributed by atoms with Crippen LogP contribution in [-0.2, 0) is 0 Å². The van der Waals surface area contributed by atoms with Crippen molar-refractivity contribution in [3.63, 3.8) is 0 Å². The van der Waals surface area contributed by atoms with Crippen LogP contribution in [0.2, 0.25) is 5.02 Å². The second kappa shape index (κ2) is 6.96. The van der Waals surface area contributed by atoms with Gasteiger partial charge in [-0.05, 0) is 25.0 Å². The molecule has 0 spiro atoms. The highest BCUT2D eigenvalue weighted by Gasteiger charge is 2.32. The number of amides is 1. The maximum absolute atomic E-state index is 13.2. The van der Waals surface area contributed by atoms with Gasteiger partial charge < -0.3 is 9.42 Å². The molecule has 0 saturated carbocycles. The van der Waals surface area contributed by atoms with Crippen molar-refractivity contribution in [2.75, 3.05) is 13.1 Å². The predicted octanol–water partition coefficient (Wildman–Crippen LogP) is 4.93. The van der Waals surface area contributed by atoms with E-state index in [1.54, 1.807) is 13.0 Å². The van der Waals surface area contributed by atoms with Crippen molar-refractivity contribution in [2.24, 2.45) is 0 Å². The molecular weight excluding hydrogens is 348 g/mol. The summed E-state index contributed by atoms with van der Waals surface area (Å²) in [5.74, 6) is 0.842. The average Bonchev–Trinajstić information content (AvgIpc) is 3.30. The third-order valence-electron chi connectivity index (χ3n) is 4.95. The molecule has 1 aliphatic heterocycles. The maximum atomic E-state index is 13.2. The molecule has 2 aromatic carbocycles. The highest BCUT2D eigenvalue weighted by atomic mass is 35.5. The fourth-order valence-corrected chi connectivity index (χ4v) is 3.79. The van der Waals surface area contributed by atoms with Crippen LogP contribution < -0.4 is 0 Å².